The van der Waals surface area contributed by atoms with E-state index < -0.39 is 36.0 Å². The molecule has 0 N–H and O–H groups in total. The number of rotatable bonds is 11. The van der Waals surface area contributed by atoms with Crippen molar-refractivity contribution in [2.45, 2.75) is 70.3 Å². The number of pyridine rings is 1. The average molecular weight is 759 g/mol. The first-order valence-electron chi connectivity index (χ1n) is 18.3. The molecule has 0 bridgehead atoms. The summed E-state index contributed by atoms with van der Waals surface area (Å²) in [5, 5.41) is -0.458. The van der Waals surface area contributed by atoms with Crippen molar-refractivity contribution in [1.82, 2.24) is 9.88 Å². The van der Waals surface area contributed by atoms with Gasteiger partial charge in [0.1, 0.15) is 17.7 Å². The molecule has 0 unspecified atom stereocenters. The van der Waals surface area contributed by atoms with Crippen molar-refractivity contribution in [3.05, 3.63) is 154 Å². The first kappa shape index (κ1) is 39.2. The van der Waals surface area contributed by atoms with Gasteiger partial charge in [0.2, 0.25) is 0 Å². The van der Waals surface area contributed by atoms with Crippen LogP contribution in [0, 0.1) is 0 Å². The van der Waals surface area contributed by atoms with Gasteiger partial charge < -0.3 is 14.2 Å². The first-order chi connectivity index (χ1) is 26.2. The SMILES string of the molecule is CC(C)(C)c1ccc(CC(=O)OCC(=O)OCC2=C(C(=O)OC(c3ccccc3)c3ccccc3)N3C(=O)/C(=C/c4ccccn4)[C@H]3SC2)cc1C(C)(C)C. The molecular formula is C45H46N2O7S. The molecule has 2 aliphatic heterocycles. The Labute approximate surface area is 326 Å². The Kier molecular flexibility index (Phi) is 11.8. The van der Waals surface area contributed by atoms with Crippen molar-refractivity contribution in [1.29, 1.82) is 0 Å². The molecule has 1 amide bonds. The number of carbonyl (C=O) groups excluding carboxylic acids is 4. The van der Waals surface area contributed by atoms with Crippen LogP contribution < -0.4 is 0 Å². The van der Waals surface area contributed by atoms with Gasteiger partial charge >= 0.3 is 17.9 Å². The molecule has 1 saturated heterocycles. The van der Waals surface area contributed by atoms with E-state index in [1.54, 1.807) is 24.4 Å². The van der Waals surface area contributed by atoms with Crippen molar-refractivity contribution in [2.24, 2.45) is 0 Å². The van der Waals surface area contributed by atoms with Gasteiger partial charge in [0.25, 0.3) is 5.91 Å². The molecule has 0 radical (unpaired) electrons. The van der Waals surface area contributed by atoms with Gasteiger partial charge in [-0.2, -0.15) is 0 Å². The average Bonchev–Trinajstić information content (AvgIpc) is 3.17. The second-order valence-electron chi connectivity index (χ2n) is 15.6. The Morgan fingerprint density at radius 1 is 0.818 bits per heavy atom. The summed E-state index contributed by atoms with van der Waals surface area (Å²) < 4.78 is 17.1. The molecule has 6 rings (SSSR count). The molecule has 4 aromatic rings. The number of hydrogen-bond acceptors (Lipinski definition) is 9. The number of fused-ring (bicyclic) bond motifs is 1. The lowest BCUT2D eigenvalue weighted by molar-refractivity contribution is -0.158. The Hall–Kier alpha value is -5.48. The molecule has 284 valence electrons. The van der Waals surface area contributed by atoms with E-state index in [0.717, 1.165) is 22.3 Å². The van der Waals surface area contributed by atoms with Gasteiger partial charge in [-0.15, -0.1) is 11.8 Å². The van der Waals surface area contributed by atoms with Crippen LogP contribution in [0.4, 0.5) is 0 Å². The van der Waals surface area contributed by atoms with Gasteiger partial charge in [0.05, 0.1) is 17.7 Å². The van der Waals surface area contributed by atoms with E-state index in [0.29, 0.717) is 16.8 Å². The zero-order valence-corrected chi connectivity index (χ0v) is 32.9. The van der Waals surface area contributed by atoms with E-state index in [9.17, 15) is 19.2 Å². The maximum Gasteiger partial charge on any atom is 0.356 e. The summed E-state index contributed by atoms with van der Waals surface area (Å²) in [4.78, 5) is 59.5. The summed E-state index contributed by atoms with van der Waals surface area (Å²) >= 11 is 1.43. The number of thioether (sulfide) groups is 1. The topological polar surface area (TPSA) is 112 Å². The lowest BCUT2D eigenvalue weighted by Crippen LogP contribution is -2.56. The lowest BCUT2D eigenvalue weighted by Gasteiger charge is -2.46. The number of amides is 1. The molecule has 1 fully saturated rings. The second-order valence-corrected chi connectivity index (χ2v) is 16.7. The maximum atomic E-state index is 14.2. The van der Waals surface area contributed by atoms with Crippen molar-refractivity contribution in [2.75, 3.05) is 19.0 Å². The van der Waals surface area contributed by atoms with E-state index in [-0.39, 0.29) is 41.2 Å². The quantitative estimate of drug-likeness (QED) is 0.0653. The minimum atomic E-state index is -0.781. The largest absolute Gasteiger partial charge is 0.459 e. The number of ether oxygens (including phenoxy) is 3. The summed E-state index contributed by atoms with van der Waals surface area (Å²) in [6.45, 7) is 12.0. The lowest BCUT2D eigenvalue weighted by atomic mass is 9.74. The number of nitrogens with zero attached hydrogens (tertiary/aromatic N) is 2. The summed E-state index contributed by atoms with van der Waals surface area (Å²) in [5.74, 6) is -2.15. The van der Waals surface area contributed by atoms with Gasteiger partial charge in [-0.05, 0) is 56.9 Å². The Bertz CT molecular complexity index is 2080. The van der Waals surface area contributed by atoms with Crippen LogP contribution in [-0.2, 0) is 50.6 Å². The number of esters is 3. The number of hydrogen-bond donors (Lipinski definition) is 0. The normalized spacial score (nSPS) is 16.4. The third kappa shape index (κ3) is 9.25. The molecule has 2 aliphatic rings. The fraction of sp³-hybridized carbons (Fsp3) is 0.311. The first-order valence-corrected chi connectivity index (χ1v) is 19.3. The molecule has 55 heavy (non-hydrogen) atoms. The van der Waals surface area contributed by atoms with E-state index in [1.165, 1.54) is 22.2 Å². The van der Waals surface area contributed by atoms with E-state index in [1.807, 2.05) is 78.9 Å². The maximum absolute atomic E-state index is 14.2. The second kappa shape index (κ2) is 16.5. The van der Waals surface area contributed by atoms with Gasteiger partial charge in [0, 0.05) is 17.5 Å². The molecule has 0 spiro atoms. The summed E-state index contributed by atoms with van der Waals surface area (Å²) in [6.07, 6.45) is 2.60. The minimum Gasteiger partial charge on any atom is -0.459 e. The Balaban J connectivity index is 1.18. The summed E-state index contributed by atoms with van der Waals surface area (Å²) in [7, 11) is 0. The Morgan fingerprint density at radius 2 is 1.45 bits per heavy atom. The van der Waals surface area contributed by atoms with E-state index in [4.69, 9.17) is 14.2 Å². The predicted octanol–water partition coefficient (Wildman–Crippen LogP) is 7.89. The van der Waals surface area contributed by atoms with Crippen molar-refractivity contribution >= 4 is 41.7 Å². The fourth-order valence-corrected chi connectivity index (χ4v) is 7.90. The number of benzene rings is 3. The predicted molar refractivity (Wildman–Crippen MR) is 213 cm³/mol. The van der Waals surface area contributed by atoms with E-state index >= 15 is 0 Å². The number of β-lactam (4-membered cyclic amide) rings is 1. The number of carbonyl (C=O) groups is 4. The van der Waals surface area contributed by atoms with Crippen molar-refractivity contribution in [3.8, 4) is 0 Å². The summed E-state index contributed by atoms with van der Waals surface area (Å²) in [5.41, 5.74) is 6.02. The highest BCUT2D eigenvalue weighted by Crippen LogP contribution is 2.45. The van der Waals surface area contributed by atoms with Crippen molar-refractivity contribution < 1.29 is 33.4 Å². The van der Waals surface area contributed by atoms with Crippen LogP contribution in [-0.4, -0.2) is 58.0 Å². The Morgan fingerprint density at radius 3 is 2.05 bits per heavy atom. The minimum absolute atomic E-state index is 0.00459. The molecular weight excluding hydrogens is 713 g/mol. The highest BCUT2D eigenvalue weighted by molar-refractivity contribution is 8.00. The summed E-state index contributed by atoms with van der Waals surface area (Å²) in [6, 6.07) is 30.1. The van der Waals surface area contributed by atoms with Crippen LogP contribution in [0.2, 0.25) is 0 Å². The van der Waals surface area contributed by atoms with Crippen LogP contribution in [0.25, 0.3) is 6.08 Å². The molecule has 3 heterocycles. The van der Waals surface area contributed by atoms with Crippen LogP contribution in [0.1, 0.15) is 81.2 Å². The molecule has 0 saturated carbocycles. The zero-order valence-electron chi connectivity index (χ0n) is 32.0. The molecule has 9 nitrogen and oxygen atoms in total. The van der Waals surface area contributed by atoms with Gasteiger partial charge in [-0.1, -0.05) is 126 Å². The van der Waals surface area contributed by atoms with Crippen LogP contribution in [0.15, 0.2) is 120 Å². The molecule has 10 heteroatoms. The molecule has 0 aliphatic carbocycles. The number of aromatic nitrogens is 1. The monoisotopic (exact) mass is 758 g/mol. The molecule has 1 atom stereocenters. The van der Waals surface area contributed by atoms with Gasteiger partial charge in [0.15, 0.2) is 12.7 Å². The van der Waals surface area contributed by atoms with Crippen LogP contribution >= 0.6 is 11.8 Å². The van der Waals surface area contributed by atoms with Crippen molar-refractivity contribution in [3.63, 3.8) is 0 Å². The highest BCUT2D eigenvalue weighted by atomic mass is 32.2. The fourth-order valence-electron chi connectivity index (χ4n) is 6.62. The standard InChI is InChI=1S/C45H46N2O7S/c1-44(2,3)35-21-20-29(23-36(35)45(4,5)6)24-37(48)53-27-38(49)52-26-32-28-55-42-34(25-33-19-13-14-22-46-33)41(50)47(42)39(32)43(51)54-40(30-15-9-7-10-16-30)31-17-11-8-12-18-31/h7-23,25,40,42H,24,26-28H2,1-6H3/b34-25-/t42-/m1/s1. The third-order valence-electron chi connectivity index (χ3n) is 9.38. The van der Waals surface area contributed by atoms with Crippen LogP contribution in [0.5, 0.6) is 0 Å². The van der Waals surface area contributed by atoms with Gasteiger partial charge in [-0.3, -0.25) is 19.5 Å². The smallest absolute Gasteiger partial charge is 0.356 e. The zero-order chi connectivity index (χ0) is 39.3. The van der Waals surface area contributed by atoms with E-state index in [2.05, 4.69) is 52.6 Å². The molecule has 1 aromatic heterocycles. The van der Waals surface area contributed by atoms with Gasteiger partial charge in [-0.25, -0.2) is 9.59 Å². The van der Waals surface area contributed by atoms with Crippen LogP contribution in [0.3, 0.4) is 0 Å². The molecule has 3 aromatic carbocycles. The third-order valence-corrected chi connectivity index (χ3v) is 10.7. The highest BCUT2D eigenvalue weighted by Gasteiger charge is 2.50.